The Morgan fingerprint density at radius 1 is 1.00 bits per heavy atom. The molecule has 2 aliphatic heterocycles. The van der Waals surface area contributed by atoms with Gasteiger partial charge < -0.3 is 34.3 Å². The number of carbonyl (C=O) groups is 2. The normalized spacial score (nSPS) is 13.1. The molecule has 0 aliphatic carbocycles. The first kappa shape index (κ1) is 26.6. The third-order valence-corrected chi connectivity index (χ3v) is 7.06. The van der Waals surface area contributed by atoms with Crippen LogP contribution in [0.4, 0.5) is 0 Å². The number of methoxy groups -OCH3 is 1. The van der Waals surface area contributed by atoms with Crippen molar-refractivity contribution < 1.29 is 33.3 Å². The molecule has 2 amide bonds. The zero-order valence-corrected chi connectivity index (χ0v) is 22.1. The van der Waals surface area contributed by atoms with Gasteiger partial charge in [-0.2, -0.15) is 0 Å². The molecule has 3 heterocycles. The first-order chi connectivity index (χ1) is 19.0. The maximum absolute atomic E-state index is 13.5. The molecule has 0 radical (unpaired) electrons. The molecule has 0 fully saturated rings. The Bertz CT molecular complexity index is 1440. The summed E-state index contributed by atoms with van der Waals surface area (Å²) in [5, 5.41) is 6.36. The molecule has 0 spiro atoms. The average Bonchev–Trinajstić information content (AvgIpc) is 3.60. The monoisotopic (exact) mass is 556 g/mol. The molecule has 0 saturated heterocycles. The fourth-order valence-corrected chi connectivity index (χ4v) is 4.93. The van der Waals surface area contributed by atoms with Gasteiger partial charge in [0, 0.05) is 45.8 Å². The summed E-state index contributed by atoms with van der Waals surface area (Å²) in [5.41, 5.74) is 0.960. The second-order valence-corrected chi connectivity index (χ2v) is 9.72. The molecule has 39 heavy (non-hydrogen) atoms. The molecular weight excluding hydrogens is 528 g/mol. The smallest absolute Gasteiger partial charge is 0.262 e. The molecular formula is C26H28N4O8S. The quantitative estimate of drug-likeness (QED) is 0.193. The summed E-state index contributed by atoms with van der Waals surface area (Å²) in [7, 11) is 1.60. The van der Waals surface area contributed by atoms with Crippen molar-refractivity contribution in [3.8, 4) is 23.0 Å². The molecule has 12 nitrogen and oxygen atoms in total. The Kier molecular flexibility index (Phi) is 8.37. The molecule has 2 aliphatic rings. The lowest BCUT2D eigenvalue weighted by molar-refractivity contribution is -0.121. The molecule has 5 rings (SSSR count). The van der Waals surface area contributed by atoms with E-state index in [0.29, 0.717) is 65.2 Å². The van der Waals surface area contributed by atoms with Crippen molar-refractivity contribution in [1.29, 1.82) is 0 Å². The van der Waals surface area contributed by atoms with Crippen molar-refractivity contribution in [3.05, 3.63) is 46.2 Å². The first-order valence-corrected chi connectivity index (χ1v) is 13.4. The van der Waals surface area contributed by atoms with E-state index in [-0.39, 0.29) is 49.7 Å². The van der Waals surface area contributed by atoms with E-state index in [9.17, 15) is 14.4 Å². The second-order valence-electron chi connectivity index (χ2n) is 8.77. The van der Waals surface area contributed by atoms with Gasteiger partial charge in [-0.25, -0.2) is 4.98 Å². The third-order valence-electron chi connectivity index (χ3n) is 6.08. The van der Waals surface area contributed by atoms with Crippen LogP contribution in [0.5, 0.6) is 23.0 Å². The zero-order valence-electron chi connectivity index (χ0n) is 21.3. The van der Waals surface area contributed by atoms with Crippen LogP contribution >= 0.6 is 11.8 Å². The summed E-state index contributed by atoms with van der Waals surface area (Å²) >= 11 is 1.13. The van der Waals surface area contributed by atoms with Gasteiger partial charge in [-0.05, 0) is 30.2 Å². The minimum Gasteiger partial charge on any atom is -0.454 e. The first-order valence-electron chi connectivity index (χ1n) is 12.4. The maximum Gasteiger partial charge on any atom is 0.262 e. The Morgan fingerprint density at radius 3 is 2.54 bits per heavy atom. The van der Waals surface area contributed by atoms with Gasteiger partial charge in [0.25, 0.3) is 5.56 Å². The highest BCUT2D eigenvalue weighted by atomic mass is 32.2. The van der Waals surface area contributed by atoms with Gasteiger partial charge in [0.15, 0.2) is 28.2 Å². The van der Waals surface area contributed by atoms with Crippen molar-refractivity contribution >= 4 is 34.5 Å². The highest BCUT2D eigenvalue weighted by Crippen LogP contribution is 2.35. The van der Waals surface area contributed by atoms with Gasteiger partial charge in [-0.15, -0.1) is 0 Å². The van der Waals surface area contributed by atoms with Crippen LogP contribution < -0.4 is 35.1 Å². The number of ether oxygens (including phenoxy) is 5. The Hall–Kier alpha value is -3.97. The van der Waals surface area contributed by atoms with Crippen LogP contribution in [0.3, 0.4) is 0 Å². The van der Waals surface area contributed by atoms with Crippen molar-refractivity contribution in [2.75, 3.05) is 39.6 Å². The molecule has 13 heteroatoms. The number of benzene rings is 2. The molecule has 1 aromatic heterocycles. The van der Waals surface area contributed by atoms with Gasteiger partial charge in [-0.1, -0.05) is 17.8 Å². The predicted molar refractivity (Wildman–Crippen MR) is 141 cm³/mol. The van der Waals surface area contributed by atoms with E-state index in [0.717, 1.165) is 17.3 Å². The standard InChI is InChI=1S/C26H28N4O8S/c1-34-8-2-6-27-24(32)13-39-26-29-18-11-22-21(37-15-38-22)10-17(18)25(33)30(26)7-5-23(31)28-12-16-3-4-19-20(9-16)36-14-35-19/h3-4,9-11H,2,5-8,12-15H2,1H3,(H,27,32)(H,28,31). The topological polar surface area (TPSA) is 139 Å². The summed E-state index contributed by atoms with van der Waals surface area (Å²) < 4.78 is 28.0. The Balaban J connectivity index is 1.28. The fraction of sp³-hybridized carbons (Fsp3) is 0.385. The van der Waals surface area contributed by atoms with Crippen LogP contribution in [0.15, 0.2) is 40.3 Å². The van der Waals surface area contributed by atoms with Gasteiger partial charge in [0.05, 0.1) is 16.7 Å². The summed E-state index contributed by atoms with van der Waals surface area (Å²) in [4.78, 5) is 43.1. The summed E-state index contributed by atoms with van der Waals surface area (Å²) in [6, 6.07) is 8.72. The number of amides is 2. The Labute approximate surface area is 227 Å². The molecule has 0 unspecified atom stereocenters. The zero-order chi connectivity index (χ0) is 27.2. The van der Waals surface area contributed by atoms with Crippen molar-refractivity contribution in [3.63, 3.8) is 0 Å². The van der Waals surface area contributed by atoms with Crippen LogP contribution in [-0.4, -0.2) is 61.0 Å². The summed E-state index contributed by atoms with van der Waals surface area (Å²) in [6.07, 6.45) is 0.735. The molecule has 0 atom stereocenters. The fourth-order valence-electron chi connectivity index (χ4n) is 4.08. The number of rotatable bonds is 12. The number of hydrogen-bond acceptors (Lipinski definition) is 10. The van der Waals surface area contributed by atoms with E-state index in [1.807, 2.05) is 12.1 Å². The van der Waals surface area contributed by atoms with Gasteiger partial charge >= 0.3 is 0 Å². The largest absolute Gasteiger partial charge is 0.454 e. The van der Waals surface area contributed by atoms with Gasteiger partial charge in [0.1, 0.15) is 0 Å². The number of nitrogens with zero attached hydrogens (tertiary/aromatic N) is 2. The van der Waals surface area contributed by atoms with E-state index in [1.165, 1.54) is 4.57 Å². The lowest BCUT2D eigenvalue weighted by atomic mass is 10.2. The molecule has 3 aromatic rings. The lowest BCUT2D eigenvalue weighted by Crippen LogP contribution is -2.30. The lowest BCUT2D eigenvalue weighted by Gasteiger charge is -2.14. The van der Waals surface area contributed by atoms with Crippen LogP contribution in [0.1, 0.15) is 18.4 Å². The molecule has 0 saturated carbocycles. The minimum atomic E-state index is -0.329. The summed E-state index contributed by atoms with van der Waals surface area (Å²) in [5.74, 6) is 1.91. The third kappa shape index (κ3) is 6.37. The van der Waals surface area contributed by atoms with E-state index in [1.54, 1.807) is 25.3 Å². The highest BCUT2D eigenvalue weighted by molar-refractivity contribution is 7.99. The number of thioether (sulfide) groups is 1. The molecule has 2 N–H and O–H groups in total. The molecule has 0 bridgehead atoms. The van der Waals surface area contributed by atoms with E-state index in [4.69, 9.17) is 23.7 Å². The van der Waals surface area contributed by atoms with Crippen molar-refractivity contribution in [1.82, 2.24) is 20.2 Å². The SMILES string of the molecule is COCCCNC(=O)CSc1nc2cc3c(cc2c(=O)n1CCC(=O)NCc1ccc2c(c1)OCO2)OCO3. The minimum absolute atomic E-state index is 0.0406. The van der Waals surface area contributed by atoms with E-state index in [2.05, 4.69) is 15.6 Å². The van der Waals surface area contributed by atoms with Crippen LogP contribution in [0.25, 0.3) is 10.9 Å². The maximum atomic E-state index is 13.5. The van der Waals surface area contributed by atoms with Gasteiger partial charge in [0.2, 0.25) is 25.4 Å². The predicted octanol–water partition coefficient (Wildman–Crippen LogP) is 1.81. The average molecular weight is 557 g/mol. The van der Waals surface area contributed by atoms with Gasteiger partial charge in [-0.3, -0.25) is 19.0 Å². The van der Waals surface area contributed by atoms with Crippen LogP contribution in [0, 0.1) is 0 Å². The molecule has 206 valence electrons. The highest BCUT2D eigenvalue weighted by Gasteiger charge is 2.20. The second kappa shape index (κ2) is 12.3. The van der Waals surface area contributed by atoms with E-state index >= 15 is 0 Å². The van der Waals surface area contributed by atoms with Crippen molar-refractivity contribution in [2.24, 2.45) is 0 Å². The van der Waals surface area contributed by atoms with Crippen LogP contribution in [-0.2, 0) is 27.4 Å². The number of aromatic nitrogens is 2. The van der Waals surface area contributed by atoms with Crippen molar-refractivity contribution in [2.45, 2.75) is 31.1 Å². The number of carbonyl (C=O) groups excluding carboxylic acids is 2. The molecule has 2 aromatic carbocycles. The van der Waals surface area contributed by atoms with Crippen LogP contribution in [0.2, 0.25) is 0 Å². The number of hydrogen-bond donors (Lipinski definition) is 2. The number of fused-ring (bicyclic) bond motifs is 3. The number of nitrogens with one attached hydrogen (secondary N) is 2. The summed E-state index contributed by atoms with van der Waals surface area (Å²) in [6.45, 7) is 1.66. The Morgan fingerprint density at radius 2 is 1.74 bits per heavy atom. The van der Waals surface area contributed by atoms with E-state index < -0.39 is 0 Å².